The first-order chi connectivity index (χ1) is 12.3. The average Bonchev–Trinajstić information content (AvgIpc) is 3.34. The van der Waals surface area contributed by atoms with Gasteiger partial charge in [0.05, 0.1) is 18.5 Å². The van der Waals surface area contributed by atoms with E-state index in [4.69, 9.17) is 9.26 Å². The zero-order valence-corrected chi connectivity index (χ0v) is 13.8. The van der Waals surface area contributed by atoms with Gasteiger partial charge in [0.15, 0.2) is 0 Å². The summed E-state index contributed by atoms with van der Waals surface area (Å²) in [5.41, 5.74) is 3.13. The van der Waals surface area contributed by atoms with Crippen molar-refractivity contribution in [2.45, 2.75) is 24.9 Å². The van der Waals surface area contributed by atoms with E-state index < -0.39 is 0 Å². The summed E-state index contributed by atoms with van der Waals surface area (Å²) < 4.78 is 11.6. The predicted molar refractivity (Wildman–Crippen MR) is 91.1 cm³/mol. The Balaban J connectivity index is 1.34. The van der Waals surface area contributed by atoms with Gasteiger partial charge in [0, 0.05) is 18.7 Å². The fourth-order valence-corrected chi connectivity index (χ4v) is 3.83. The molecule has 0 unspecified atom stereocenters. The molecule has 128 valence electrons. The van der Waals surface area contributed by atoms with Gasteiger partial charge in [-0.15, -0.1) is 0 Å². The van der Waals surface area contributed by atoms with Gasteiger partial charge in [-0.2, -0.15) is 10.1 Å². The van der Waals surface area contributed by atoms with E-state index in [0.717, 1.165) is 50.2 Å². The first kappa shape index (κ1) is 14.7. The number of rotatable bonds is 2. The molecule has 5 rings (SSSR count). The van der Waals surface area contributed by atoms with Gasteiger partial charge in [0.2, 0.25) is 0 Å². The van der Waals surface area contributed by atoms with Crippen molar-refractivity contribution in [3.05, 3.63) is 47.8 Å². The minimum atomic E-state index is -0.243. The van der Waals surface area contributed by atoms with Crippen LogP contribution in [0.25, 0.3) is 11.5 Å². The zero-order valence-electron chi connectivity index (χ0n) is 13.8. The first-order valence-corrected chi connectivity index (χ1v) is 8.65. The number of fused-ring (bicyclic) bond motifs is 2. The van der Waals surface area contributed by atoms with Crippen LogP contribution in [0.2, 0.25) is 0 Å². The van der Waals surface area contributed by atoms with Gasteiger partial charge in [-0.05, 0) is 42.1 Å². The summed E-state index contributed by atoms with van der Waals surface area (Å²) in [4.78, 5) is 6.72. The second-order valence-corrected chi connectivity index (χ2v) is 6.62. The van der Waals surface area contributed by atoms with E-state index in [2.05, 4.69) is 25.2 Å². The number of ether oxygens (including phenoxy) is 1. The van der Waals surface area contributed by atoms with Crippen molar-refractivity contribution in [3.63, 3.8) is 0 Å². The molecule has 1 fully saturated rings. The van der Waals surface area contributed by atoms with E-state index in [9.17, 15) is 0 Å². The van der Waals surface area contributed by atoms with E-state index in [1.54, 1.807) is 0 Å². The monoisotopic (exact) mass is 337 g/mol. The lowest BCUT2D eigenvalue weighted by Crippen LogP contribution is -2.47. The summed E-state index contributed by atoms with van der Waals surface area (Å²) in [7, 11) is 0. The number of aromatic amines is 1. The number of H-pyrrole nitrogens is 1. The molecule has 0 bridgehead atoms. The lowest BCUT2D eigenvalue weighted by atomic mass is 9.84. The van der Waals surface area contributed by atoms with Crippen LogP contribution in [0.3, 0.4) is 0 Å². The molecule has 0 atom stereocenters. The van der Waals surface area contributed by atoms with E-state index in [0.29, 0.717) is 11.8 Å². The number of aromatic nitrogens is 4. The van der Waals surface area contributed by atoms with E-state index in [1.165, 1.54) is 5.56 Å². The van der Waals surface area contributed by atoms with Gasteiger partial charge in [0.1, 0.15) is 5.60 Å². The molecule has 0 saturated carbocycles. The normalized spacial score (nSPS) is 19.1. The Kier molecular flexibility index (Phi) is 3.34. The Bertz CT molecular complexity index is 864. The molecule has 2 aliphatic heterocycles. The molecule has 0 aliphatic carbocycles. The Morgan fingerprint density at radius 3 is 2.80 bits per heavy atom. The first-order valence-electron chi connectivity index (χ1n) is 8.65. The number of nitrogens with one attached hydrogen (secondary N) is 1. The Morgan fingerprint density at radius 1 is 1.12 bits per heavy atom. The standard InChI is InChI=1S/C18H19N5O2/c1-2-4-13(5-3-1)16-20-17(22-25-16)23-9-7-18(8-10-23)15-14(6-11-24-18)12-19-21-15/h1-5,12H,6-11H2,(H,19,21). The van der Waals surface area contributed by atoms with Crippen LogP contribution in [0.15, 0.2) is 41.1 Å². The smallest absolute Gasteiger partial charge is 0.266 e. The van der Waals surface area contributed by atoms with Crippen LogP contribution in [0, 0.1) is 0 Å². The number of benzene rings is 1. The molecule has 1 N–H and O–H groups in total. The van der Waals surface area contributed by atoms with E-state index >= 15 is 0 Å². The third kappa shape index (κ3) is 2.42. The van der Waals surface area contributed by atoms with Crippen molar-refractivity contribution < 1.29 is 9.26 Å². The van der Waals surface area contributed by atoms with Crippen LogP contribution in [-0.2, 0) is 16.8 Å². The molecule has 3 aromatic rings. The van der Waals surface area contributed by atoms with Crippen LogP contribution >= 0.6 is 0 Å². The van der Waals surface area contributed by atoms with Crippen LogP contribution in [0.4, 0.5) is 5.95 Å². The number of anilines is 1. The highest BCUT2D eigenvalue weighted by atomic mass is 16.5. The summed E-state index contributed by atoms with van der Waals surface area (Å²) >= 11 is 0. The lowest BCUT2D eigenvalue weighted by molar-refractivity contribution is -0.0797. The molecule has 25 heavy (non-hydrogen) atoms. The molecule has 7 nitrogen and oxygen atoms in total. The lowest BCUT2D eigenvalue weighted by Gasteiger charge is -2.42. The summed E-state index contributed by atoms with van der Waals surface area (Å²) in [5, 5.41) is 11.5. The summed E-state index contributed by atoms with van der Waals surface area (Å²) in [6.07, 6.45) is 4.63. The van der Waals surface area contributed by atoms with Gasteiger partial charge < -0.3 is 14.2 Å². The summed E-state index contributed by atoms with van der Waals surface area (Å²) in [6.45, 7) is 2.41. The van der Waals surface area contributed by atoms with Gasteiger partial charge in [-0.25, -0.2) is 0 Å². The number of piperidine rings is 1. The summed E-state index contributed by atoms with van der Waals surface area (Å²) in [6, 6.07) is 9.84. The molecular formula is C18H19N5O2. The van der Waals surface area contributed by atoms with Crippen molar-refractivity contribution in [3.8, 4) is 11.5 Å². The second kappa shape index (κ2) is 5.70. The largest absolute Gasteiger partial charge is 0.368 e. The summed E-state index contributed by atoms with van der Waals surface area (Å²) in [5.74, 6) is 1.20. The second-order valence-electron chi connectivity index (χ2n) is 6.62. The van der Waals surface area contributed by atoms with Crippen LogP contribution in [0.1, 0.15) is 24.1 Å². The van der Waals surface area contributed by atoms with Gasteiger partial charge in [-0.1, -0.05) is 18.2 Å². The maximum absolute atomic E-state index is 6.19. The Hall–Kier alpha value is -2.67. The molecule has 1 spiro atoms. The SMILES string of the molecule is c1ccc(-c2nc(N3CCC4(CC3)OCCc3cn[nH]c34)no2)cc1. The topological polar surface area (TPSA) is 80.1 Å². The molecule has 1 aromatic carbocycles. The highest BCUT2D eigenvalue weighted by Crippen LogP contribution is 2.40. The van der Waals surface area contributed by atoms with Crippen LogP contribution in [0.5, 0.6) is 0 Å². The van der Waals surface area contributed by atoms with Crippen molar-refractivity contribution in [1.82, 2.24) is 20.3 Å². The fraction of sp³-hybridized carbons (Fsp3) is 0.389. The van der Waals surface area contributed by atoms with Crippen molar-refractivity contribution >= 4 is 5.95 Å². The number of hydrogen-bond acceptors (Lipinski definition) is 6. The average molecular weight is 337 g/mol. The van der Waals surface area contributed by atoms with Gasteiger partial charge in [-0.3, -0.25) is 5.10 Å². The maximum atomic E-state index is 6.19. The fourth-order valence-electron chi connectivity index (χ4n) is 3.83. The number of hydrogen-bond donors (Lipinski definition) is 1. The van der Waals surface area contributed by atoms with Crippen molar-refractivity contribution in [1.29, 1.82) is 0 Å². The van der Waals surface area contributed by atoms with Gasteiger partial charge in [0.25, 0.3) is 11.8 Å². The van der Waals surface area contributed by atoms with Crippen molar-refractivity contribution in [2.75, 3.05) is 24.6 Å². The van der Waals surface area contributed by atoms with Gasteiger partial charge >= 0.3 is 0 Å². The molecule has 2 aromatic heterocycles. The molecular weight excluding hydrogens is 318 g/mol. The third-order valence-corrected chi connectivity index (χ3v) is 5.21. The molecule has 7 heteroatoms. The molecule has 0 radical (unpaired) electrons. The molecule has 2 aliphatic rings. The minimum absolute atomic E-state index is 0.243. The Labute approximate surface area is 145 Å². The van der Waals surface area contributed by atoms with E-state index in [1.807, 2.05) is 36.5 Å². The zero-order chi connectivity index (χ0) is 16.7. The highest BCUT2D eigenvalue weighted by molar-refractivity contribution is 5.54. The Morgan fingerprint density at radius 2 is 1.96 bits per heavy atom. The third-order valence-electron chi connectivity index (χ3n) is 5.21. The van der Waals surface area contributed by atoms with Crippen molar-refractivity contribution in [2.24, 2.45) is 0 Å². The molecule has 4 heterocycles. The van der Waals surface area contributed by atoms with Crippen LogP contribution < -0.4 is 4.90 Å². The molecule has 0 amide bonds. The minimum Gasteiger partial charge on any atom is -0.368 e. The molecule has 1 saturated heterocycles. The maximum Gasteiger partial charge on any atom is 0.266 e. The highest BCUT2D eigenvalue weighted by Gasteiger charge is 2.42. The quantitative estimate of drug-likeness (QED) is 0.774. The number of nitrogens with zero attached hydrogens (tertiary/aromatic N) is 4. The van der Waals surface area contributed by atoms with E-state index in [-0.39, 0.29) is 5.60 Å². The van der Waals surface area contributed by atoms with Crippen LogP contribution in [-0.4, -0.2) is 40.0 Å². The predicted octanol–water partition coefficient (Wildman–Crippen LogP) is 2.53.